The maximum Gasteiger partial charge on any atom is 0.0223 e. The summed E-state index contributed by atoms with van der Waals surface area (Å²) in [5.41, 5.74) is 0. The molecule has 3 nitrogen and oxygen atoms in total. The lowest BCUT2D eigenvalue weighted by Gasteiger charge is -2.27. The lowest BCUT2D eigenvalue weighted by atomic mass is 10.1. The first-order valence-electron chi connectivity index (χ1n) is 7.27. The first-order valence-corrected chi connectivity index (χ1v) is 7.27. The van der Waals surface area contributed by atoms with E-state index in [9.17, 15) is 0 Å². The quantitative estimate of drug-likeness (QED) is 0.627. The van der Waals surface area contributed by atoms with Crippen LogP contribution < -0.4 is 5.32 Å². The Kier molecular flexibility index (Phi) is 7.09. The SMILES string of the molecule is CCNC(CN(CC)CCCN(C)C)C1CC1. The largest absolute Gasteiger partial charge is 0.313 e. The van der Waals surface area contributed by atoms with E-state index in [2.05, 4.69) is 43.1 Å². The Bertz CT molecular complexity index is 190. The molecule has 1 fully saturated rings. The number of rotatable bonds is 10. The molecule has 1 saturated carbocycles. The number of hydrogen-bond donors (Lipinski definition) is 1. The van der Waals surface area contributed by atoms with Gasteiger partial charge in [0.1, 0.15) is 0 Å². The topological polar surface area (TPSA) is 18.5 Å². The molecule has 0 aliphatic heterocycles. The minimum Gasteiger partial charge on any atom is -0.313 e. The molecule has 0 saturated heterocycles. The van der Waals surface area contributed by atoms with Crippen molar-refractivity contribution in [3.8, 4) is 0 Å². The maximum absolute atomic E-state index is 3.66. The first-order chi connectivity index (χ1) is 8.17. The lowest BCUT2D eigenvalue weighted by Crippen LogP contribution is -2.43. The summed E-state index contributed by atoms with van der Waals surface area (Å²) in [5, 5.41) is 3.66. The molecule has 0 spiro atoms. The Labute approximate surface area is 108 Å². The predicted octanol–water partition coefficient (Wildman–Crippen LogP) is 1.65. The Morgan fingerprint density at radius 2 is 1.88 bits per heavy atom. The number of nitrogens with zero attached hydrogens (tertiary/aromatic N) is 2. The van der Waals surface area contributed by atoms with Gasteiger partial charge < -0.3 is 15.1 Å². The third kappa shape index (κ3) is 6.39. The van der Waals surface area contributed by atoms with E-state index in [4.69, 9.17) is 0 Å². The summed E-state index contributed by atoms with van der Waals surface area (Å²) in [6.07, 6.45) is 4.16. The fourth-order valence-corrected chi connectivity index (χ4v) is 2.41. The molecule has 1 aliphatic carbocycles. The van der Waals surface area contributed by atoms with Gasteiger partial charge in [-0.05, 0) is 65.5 Å². The van der Waals surface area contributed by atoms with Crippen LogP contribution in [0.5, 0.6) is 0 Å². The molecule has 0 radical (unpaired) electrons. The van der Waals surface area contributed by atoms with Crippen molar-refractivity contribution in [2.75, 3.05) is 46.8 Å². The predicted molar refractivity (Wildman–Crippen MR) is 75.5 cm³/mol. The molecule has 3 heteroatoms. The van der Waals surface area contributed by atoms with E-state index in [0.29, 0.717) is 0 Å². The number of hydrogen-bond acceptors (Lipinski definition) is 3. The minimum absolute atomic E-state index is 0.735. The van der Waals surface area contributed by atoms with Gasteiger partial charge in [0.05, 0.1) is 0 Å². The molecule has 0 aromatic heterocycles. The van der Waals surface area contributed by atoms with Crippen molar-refractivity contribution in [3.63, 3.8) is 0 Å². The molecule has 0 heterocycles. The zero-order valence-electron chi connectivity index (χ0n) is 12.2. The second kappa shape index (κ2) is 8.06. The van der Waals surface area contributed by atoms with Crippen molar-refractivity contribution in [2.45, 2.75) is 39.2 Å². The highest BCUT2D eigenvalue weighted by atomic mass is 15.2. The van der Waals surface area contributed by atoms with E-state index < -0.39 is 0 Å². The highest BCUT2D eigenvalue weighted by Crippen LogP contribution is 2.32. The van der Waals surface area contributed by atoms with Crippen LogP contribution in [0.2, 0.25) is 0 Å². The molecular formula is C14H31N3. The van der Waals surface area contributed by atoms with Gasteiger partial charge in [0, 0.05) is 12.6 Å². The maximum atomic E-state index is 3.66. The fraction of sp³-hybridized carbons (Fsp3) is 1.00. The summed E-state index contributed by atoms with van der Waals surface area (Å²) in [4.78, 5) is 4.88. The number of likely N-dealkylation sites (N-methyl/N-ethyl adjacent to an activating group) is 2. The molecule has 1 aliphatic rings. The Morgan fingerprint density at radius 3 is 2.35 bits per heavy atom. The van der Waals surface area contributed by atoms with Gasteiger partial charge in [0.2, 0.25) is 0 Å². The highest BCUT2D eigenvalue weighted by molar-refractivity contribution is 4.88. The Morgan fingerprint density at radius 1 is 1.18 bits per heavy atom. The van der Waals surface area contributed by atoms with Crippen LogP contribution in [0.4, 0.5) is 0 Å². The van der Waals surface area contributed by atoms with Gasteiger partial charge in [-0.2, -0.15) is 0 Å². The molecule has 1 unspecified atom stereocenters. The van der Waals surface area contributed by atoms with Crippen LogP contribution >= 0.6 is 0 Å². The third-order valence-corrected chi connectivity index (χ3v) is 3.64. The summed E-state index contributed by atoms with van der Waals surface area (Å²) >= 11 is 0. The summed E-state index contributed by atoms with van der Waals surface area (Å²) in [7, 11) is 4.31. The van der Waals surface area contributed by atoms with Crippen molar-refractivity contribution >= 4 is 0 Å². The van der Waals surface area contributed by atoms with Crippen molar-refractivity contribution < 1.29 is 0 Å². The van der Waals surface area contributed by atoms with Crippen LogP contribution in [0.25, 0.3) is 0 Å². The Hall–Kier alpha value is -0.120. The van der Waals surface area contributed by atoms with Crippen LogP contribution in [0, 0.1) is 5.92 Å². The van der Waals surface area contributed by atoms with Gasteiger partial charge in [-0.3, -0.25) is 0 Å². The van der Waals surface area contributed by atoms with Gasteiger partial charge >= 0.3 is 0 Å². The molecule has 1 rings (SSSR count). The second-order valence-corrected chi connectivity index (χ2v) is 5.55. The van der Waals surface area contributed by atoms with E-state index in [1.54, 1.807) is 0 Å². The van der Waals surface area contributed by atoms with Crippen LogP contribution in [0.15, 0.2) is 0 Å². The molecule has 0 aromatic carbocycles. The van der Waals surface area contributed by atoms with Crippen LogP contribution in [0.1, 0.15) is 33.1 Å². The van der Waals surface area contributed by atoms with E-state index in [1.165, 1.54) is 45.4 Å². The number of nitrogens with one attached hydrogen (secondary N) is 1. The lowest BCUT2D eigenvalue weighted by molar-refractivity contribution is 0.230. The van der Waals surface area contributed by atoms with E-state index in [0.717, 1.165) is 18.5 Å². The minimum atomic E-state index is 0.735. The zero-order chi connectivity index (χ0) is 12.7. The van der Waals surface area contributed by atoms with Crippen molar-refractivity contribution in [1.29, 1.82) is 0 Å². The summed E-state index contributed by atoms with van der Waals surface area (Å²) < 4.78 is 0. The molecule has 1 N–H and O–H groups in total. The molecule has 1 atom stereocenters. The standard InChI is InChI=1S/C14H31N3/c1-5-15-14(13-8-9-13)12-17(6-2)11-7-10-16(3)4/h13-15H,5-12H2,1-4H3. The van der Waals surface area contributed by atoms with Crippen molar-refractivity contribution in [1.82, 2.24) is 15.1 Å². The monoisotopic (exact) mass is 241 g/mol. The van der Waals surface area contributed by atoms with Gasteiger partial charge in [0.25, 0.3) is 0 Å². The van der Waals surface area contributed by atoms with Gasteiger partial charge in [0.15, 0.2) is 0 Å². The van der Waals surface area contributed by atoms with Crippen molar-refractivity contribution in [2.24, 2.45) is 5.92 Å². The second-order valence-electron chi connectivity index (χ2n) is 5.55. The smallest absolute Gasteiger partial charge is 0.0223 e. The van der Waals surface area contributed by atoms with Crippen LogP contribution in [0.3, 0.4) is 0 Å². The molecule has 0 amide bonds. The van der Waals surface area contributed by atoms with Gasteiger partial charge in [-0.25, -0.2) is 0 Å². The normalized spacial score (nSPS) is 18.0. The van der Waals surface area contributed by atoms with Crippen molar-refractivity contribution in [3.05, 3.63) is 0 Å². The van der Waals surface area contributed by atoms with E-state index in [-0.39, 0.29) is 0 Å². The molecule has 102 valence electrons. The summed E-state index contributed by atoms with van der Waals surface area (Å²) in [6, 6.07) is 0.735. The summed E-state index contributed by atoms with van der Waals surface area (Å²) in [5.74, 6) is 0.956. The molecule has 17 heavy (non-hydrogen) atoms. The summed E-state index contributed by atoms with van der Waals surface area (Å²) in [6.45, 7) is 10.5. The van der Waals surface area contributed by atoms with Crippen LogP contribution in [-0.2, 0) is 0 Å². The van der Waals surface area contributed by atoms with E-state index >= 15 is 0 Å². The fourth-order valence-electron chi connectivity index (χ4n) is 2.41. The molecule has 0 bridgehead atoms. The zero-order valence-corrected chi connectivity index (χ0v) is 12.2. The third-order valence-electron chi connectivity index (χ3n) is 3.64. The first kappa shape index (κ1) is 14.9. The average molecular weight is 241 g/mol. The van der Waals surface area contributed by atoms with Gasteiger partial charge in [-0.1, -0.05) is 13.8 Å². The van der Waals surface area contributed by atoms with Crippen LogP contribution in [-0.4, -0.2) is 62.7 Å². The highest BCUT2D eigenvalue weighted by Gasteiger charge is 2.31. The van der Waals surface area contributed by atoms with E-state index in [1.807, 2.05) is 0 Å². The molecular weight excluding hydrogens is 210 g/mol. The average Bonchev–Trinajstić information content (AvgIpc) is 3.10. The Balaban J connectivity index is 2.23. The molecule has 0 aromatic rings. The van der Waals surface area contributed by atoms with Gasteiger partial charge in [-0.15, -0.1) is 0 Å².